The van der Waals surface area contributed by atoms with Crippen molar-refractivity contribution in [1.29, 1.82) is 0 Å². The average molecular weight is 469 g/mol. The van der Waals surface area contributed by atoms with Crippen LogP contribution in [-0.4, -0.2) is 23.3 Å². The quantitative estimate of drug-likeness (QED) is 0.338. The van der Waals surface area contributed by atoms with Crippen LogP contribution in [0, 0.1) is 0 Å². The van der Waals surface area contributed by atoms with E-state index in [9.17, 15) is 9.59 Å². The van der Waals surface area contributed by atoms with Crippen LogP contribution in [-0.2, 0) is 29.0 Å². The van der Waals surface area contributed by atoms with E-state index < -0.39 is 6.04 Å². The molecule has 1 aromatic heterocycles. The lowest BCUT2D eigenvalue weighted by Crippen LogP contribution is -2.45. The van der Waals surface area contributed by atoms with Crippen molar-refractivity contribution in [3.63, 3.8) is 0 Å². The summed E-state index contributed by atoms with van der Waals surface area (Å²) in [4.78, 5) is 29.9. The Morgan fingerprint density at radius 1 is 0.765 bits per heavy atom. The van der Waals surface area contributed by atoms with E-state index in [0.717, 1.165) is 21.6 Å². The van der Waals surface area contributed by atoms with E-state index in [2.05, 4.69) is 17.4 Å². The normalized spacial score (nSPS) is 11.5. The Balaban J connectivity index is 1.61. The Morgan fingerprint density at radius 2 is 1.38 bits per heavy atom. The van der Waals surface area contributed by atoms with E-state index in [1.165, 1.54) is 0 Å². The number of nitrogens with one attached hydrogen (secondary N) is 1. The van der Waals surface area contributed by atoms with Crippen LogP contribution in [0.3, 0.4) is 0 Å². The zero-order chi connectivity index (χ0) is 23.6. The molecule has 5 heteroatoms. The van der Waals surface area contributed by atoms with Crippen molar-refractivity contribution in [1.82, 2.24) is 10.2 Å². The summed E-state index contributed by atoms with van der Waals surface area (Å²) in [6.07, 6.45) is 0.952. The molecule has 0 spiro atoms. The molecule has 0 aliphatic heterocycles. The molecule has 0 bridgehead atoms. The van der Waals surface area contributed by atoms with Crippen LogP contribution in [0.25, 0.3) is 0 Å². The van der Waals surface area contributed by atoms with Gasteiger partial charge in [-0.15, -0.1) is 11.3 Å². The van der Waals surface area contributed by atoms with Gasteiger partial charge in [0.25, 0.3) is 0 Å². The Kier molecular flexibility index (Phi) is 8.25. The monoisotopic (exact) mass is 468 g/mol. The Hall–Kier alpha value is -3.70. The third kappa shape index (κ3) is 6.42. The van der Waals surface area contributed by atoms with Crippen molar-refractivity contribution in [2.45, 2.75) is 25.4 Å². The highest BCUT2D eigenvalue weighted by molar-refractivity contribution is 7.10. The number of nitrogens with zero attached hydrogens (tertiary/aromatic N) is 1. The van der Waals surface area contributed by atoms with Crippen molar-refractivity contribution >= 4 is 23.2 Å². The fourth-order valence-corrected chi connectivity index (χ4v) is 4.64. The van der Waals surface area contributed by atoms with E-state index in [4.69, 9.17) is 0 Å². The van der Waals surface area contributed by atoms with Gasteiger partial charge in [0.1, 0.15) is 6.04 Å². The van der Waals surface area contributed by atoms with Crippen LogP contribution in [0.2, 0.25) is 0 Å². The maximum absolute atomic E-state index is 13.6. The zero-order valence-electron chi connectivity index (χ0n) is 19.0. The van der Waals surface area contributed by atoms with E-state index in [1.807, 2.05) is 96.4 Å². The van der Waals surface area contributed by atoms with E-state index in [1.54, 1.807) is 16.2 Å². The first kappa shape index (κ1) is 23.5. The highest BCUT2D eigenvalue weighted by Crippen LogP contribution is 2.24. The predicted molar refractivity (Wildman–Crippen MR) is 137 cm³/mol. The Morgan fingerprint density at radius 3 is 2.00 bits per heavy atom. The van der Waals surface area contributed by atoms with Gasteiger partial charge in [-0.3, -0.25) is 9.59 Å². The molecule has 34 heavy (non-hydrogen) atoms. The summed E-state index contributed by atoms with van der Waals surface area (Å²) in [6, 6.07) is 32.7. The number of hydrogen-bond acceptors (Lipinski definition) is 3. The van der Waals surface area contributed by atoms with E-state index in [-0.39, 0.29) is 18.2 Å². The molecule has 0 saturated heterocycles. The van der Waals surface area contributed by atoms with Crippen LogP contribution in [0.1, 0.15) is 27.6 Å². The van der Waals surface area contributed by atoms with Gasteiger partial charge in [-0.25, -0.2) is 0 Å². The third-order valence-electron chi connectivity index (χ3n) is 5.70. The molecular formula is C29H28N2O2S. The highest BCUT2D eigenvalue weighted by atomic mass is 32.1. The van der Waals surface area contributed by atoms with Gasteiger partial charge in [0.2, 0.25) is 11.8 Å². The molecule has 0 aliphatic carbocycles. The van der Waals surface area contributed by atoms with E-state index >= 15 is 0 Å². The first-order valence-corrected chi connectivity index (χ1v) is 12.3. The fourth-order valence-electron chi connectivity index (χ4n) is 3.95. The molecule has 0 radical (unpaired) electrons. The second-order valence-electron chi connectivity index (χ2n) is 8.10. The van der Waals surface area contributed by atoms with Crippen molar-refractivity contribution in [3.05, 3.63) is 130 Å². The first-order valence-electron chi connectivity index (χ1n) is 11.4. The van der Waals surface area contributed by atoms with Crippen molar-refractivity contribution in [3.8, 4) is 0 Å². The minimum atomic E-state index is -0.707. The van der Waals surface area contributed by atoms with Gasteiger partial charge in [-0.2, -0.15) is 0 Å². The minimum Gasteiger partial charge on any atom is -0.350 e. The van der Waals surface area contributed by atoms with Crippen LogP contribution in [0.4, 0.5) is 0 Å². The molecule has 4 aromatic rings. The van der Waals surface area contributed by atoms with Gasteiger partial charge in [-0.05, 0) is 34.6 Å². The molecule has 0 fully saturated rings. The number of amides is 2. The van der Waals surface area contributed by atoms with Gasteiger partial charge in [0.05, 0.1) is 6.42 Å². The first-order chi connectivity index (χ1) is 16.7. The molecule has 0 saturated carbocycles. The summed E-state index contributed by atoms with van der Waals surface area (Å²) in [7, 11) is 0. The number of thiophene rings is 1. The maximum Gasteiger partial charge on any atom is 0.247 e. The molecule has 4 nitrogen and oxygen atoms in total. The molecule has 0 unspecified atom stereocenters. The van der Waals surface area contributed by atoms with Gasteiger partial charge in [0, 0.05) is 18.0 Å². The smallest absolute Gasteiger partial charge is 0.247 e. The Labute approximate surface area is 204 Å². The summed E-state index contributed by atoms with van der Waals surface area (Å²) in [5, 5.41) is 5.03. The number of benzene rings is 3. The largest absolute Gasteiger partial charge is 0.350 e. The van der Waals surface area contributed by atoms with Crippen LogP contribution < -0.4 is 5.32 Å². The molecule has 172 valence electrons. The molecule has 2 amide bonds. The van der Waals surface area contributed by atoms with Gasteiger partial charge < -0.3 is 10.2 Å². The topological polar surface area (TPSA) is 49.4 Å². The predicted octanol–water partition coefficient (Wildman–Crippen LogP) is 5.42. The second kappa shape index (κ2) is 12.0. The lowest BCUT2D eigenvalue weighted by Gasteiger charge is -2.31. The number of carbonyl (C=O) groups is 2. The standard InChI is InChI=1S/C29H28N2O2S/c32-27(21-26-17-10-20-34-26)31(19-18-23-11-4-1-5-12-23)28(25-15-8-3-9-16-25)29(33)30-22-24-13-6-2-7-14-24/h1-17,20,28H,18-19,21-22H2,(H,30,33)/t28-/m0/s1. The maximum atomic E-state index is 13.6. The van der Waals surface area contributed by atoms with Crippen molar-refractivity contribution < 1.29 is 9.59 Å². The van der Waals surface area contributed by atoms with Crippen molar-refractivity contribution in [2.24, 2.45) is 0 Å². The number of carbonyl (C=O) groups excluding carboxylic acids is 2. The summed E-state index contributed by atoms with van der Waals surface area (Å²) in [6.45, 7) is 0.862. The number of hydrogen-bond donors (Lipinski definition) is 1. The highest BCUT2D eigenvalue weighted by Gasteiger charge is 2.31. The average Bonchev–Trinajstić information content (AvgIpc) is 3.40. The van der Waals surface area contributed by atoms with Crippen LogP contribution in [0.5, 0.6) is 0 Å². The van der Waals surface area contributed by atoms with Crippen molar-refractivity contribution in [2.75, 3.05) is 6.54 Å². The summed E-state index contributed by atoms with van der Waals surface area (Å²) >= 11 is 1.56. The summed E-state index contributed by atoms with van der Waals surface area (Å²) < 4.78 is 0. The summed E-state index contributed by atoms with van der Waals surface area (Å²) in [5.74, 6) is -0.232. The Bertz CT molecular complexity index is 1160. The molecular weight excluding hydrogens is 440 g/mol. The zero-order valence-corrected chi connectivity index (χ0v) is 19.8. The lowest BCUT2D eigenvalue weighted by atomic mass is 10.0. The van der Waals surface area contributed by atoms with Gasteiger partial charge in [-0.1, -0.05) is 97.1 Å². The van der Waals surface area contributed by atoms with E-state index in [0.29, 0.717) is 19.5 Å². The second-order valence-corrected chi connectivity index (χ2v) is 9.13. The molecule has 1 atom stereocenters. The minimum absolute atomic E-state index is 0.0536. The van der Waals surface area contributed by atoms with Gasteiger partial charge >= 0.3 is 0 Å². The fraction of sp³-hybridized carbons (Fsp3) is 0.172. The molecule has 1 N–H and O–H groups in total. The lowest BCUT2D eigenvalue weighted by molar-refractivity contribution is -0.140. The molecule has 4 rings (SSSR count). The molecule has 3 aromatic carbocycles. The van der Waals surface area contributed by atoms with Crippen LogP contribution in [0.15, 0.2) is 109 Å². The molecule has 1 heterocycles. The third-order valence-corrected chi connectivity index (χ3v) is 6.57. The number of rotatable bonds is 10. The SMILES string of the molecule is O=C(NCc1ccccc1)[C@H](c1ccccc1)N(CCc1ccccc1)C(=O)Cc1cccs1. The van der Waals surface area contributed by atoms with Gasteiger partial charge in [0.15, 0.2) is 0 Å². The summed E-state index contributed by atoms with van der Waals surface area (Å²) in [5.41, 5.74) is 2.96. The van der Waals surface area contributed by atoms with Crippen LogP contribution >= 0.6 is 11.3 Å². The molecule has 0 aliphatic rings.